The number of alkyl halides is 2. The first-order valence-electron chi connectivity index (χ1n) is 6.86. The summed E-state index contributed by atoms with van der Waals surface area (Å²) in [6, 6.07) is 4.52. The lowest BCUT2D eigenvalue weighted by atomic mass is 10.1. The SMILES string of the molecule is Cc1cc(OCC(=O)O)ccc1NC(=O)c1cnn(C)c1C(F)F. The number of amides is 1. The van der Waals surface area contributed by atoms with Crippen molar-refractivity contribution in [2.24, 2.45) is 7.05 Å². The third kappa shape index (κ3) is 3.86. The molecule has 1 aromatic heterocycles. The molecule has 1 heterocycles. The number of ether oxygens (including phenoxy) is 1. The van der Waals surface area contributed by atoms with Gasteiger partial charge in [0.15, 0.2) is 6.61 Å². The minimum Gasteiger partial charge on any atom is -0.482 e. The number of anilines is 1. The van der Waals surface area contributed by atoms with Gasteiger partial charge in [-0.15, -0.1) is 0 Å². The molecule has 24 heavy (non-hydrogen) atoms. The summed E-state index contributed by atoms with van der Waals surface area (Å²) in [6.07, 6.45) is -1.75. The van der Waals surface area contributed by atoms with E-state index in [-0.39, 0.29) is 5.56 Å². The van der Waals surface area contributed by atoms with Crippen LogP contribution < -0.4 is 10.1 Å². The Kier molecular flexibility index (Phi) is 5.12. The van der Waals surface area contributed by atoms with Gasteiger partial charge in [-0.05, 0) is 30.7 Å². The highest BCUT2D eigenvalue weighted by atomic mass is 19.3. The molecule has 0 saturated carbocycles. The van der Waals surface area contributed by atoms with Crippen LogP contribution in [0.5, 0.6) is 5.75 Å². The van der Waals surface area contributed by atoms with Gasteiger partial charge >= 0.3 is 5.97 Å². The van der Waals surface area contributed by atoms with E-state index < -0.39 is 30.6 Å². The molecule has 0 fully saturated rings. The summed E-state index contributed by atoms with van der Waals surface area (Å²) in [6.45, 7) is 1.18. The van der Waals surface area contributed by atoms with Gasteiger partial charge in [-0.3, -0.25) is 9.48 Å². The van der Waals surface area contributed by atoms with Gasteiger partial charge < -0.3 is 15.2 Å². The fraction of sp³-hybridized carbons (Fsp3) is 0.267. The maximum Gasteiger partial charge on any atom is 0.341 e. The molecule has 0 bridgehead atoms. The van der Waals surface area contributed by atoms with Crippen molar-refractivity contribution in [2.75, 3.05) is 11.9 Å². The number of carboxylic acid groups (broad SMARTS) is 1. The van der Waals surface area contributed by atoms with E-state index in [9.17, 15) is 18.4 Å². The zero-order valence-electron chi connectivity index (χ0n) is 12.9. The first kappa shape index (κ1) is 17.4. The Balaban J connectivity index is 2.16. The third-order valence-electron chi connectivity index (χ3n) is 3.24. The van der Waals surface area contributed by atoms with E-state index in [1.54, 1.807) is 6.92 Å². The van der Waals surface area contributed by atoms with Crippen molar-refractivity contribution >= 4 is 17.6 Å². The number of carbonyl (C=O) groups is 2. The van der Waals surface area contributed by atoms with Crippen LogP contribution in [0, 0.1) is 6.92 Å². The van der Waals surface area contributed by atoms with Crippen molar-refractivity contribution in [2.45, 2.75) is 13.3 Å². The summed E-state index contributed by atoms with van der Waals surface area (Å²) in [5.41, 5.74) is 0.310. The molecular formula is C15H15F2N3O4. The molecule has 0 saturated heterocycles. The van der Waals surface area contributed by atoms with Crippen molar-refractivity contribution in [1.29, 1.82) is 0 Å². The zero-order valence-corrected chi connectivity index (χ0v) is 12.9. The third-order valence-corrected chi connectivity index (χ3v) is 3.24. The van der Waals surface area contributed by atoms with Gasteiger partial charge in [0.25, 0.3) is 12.3 Å². The molecule has 0 aliphatic carbocycles. The Morgan fingerprint density at radius 3 is 2.71 bits per heavy atom. The normalized spacial score (nSPS) is 10.7. The minimum absolute atomic E-state index is 0.210. The summed E-state index contributed by atoms with van der Waals surface area (Å²) in [7, 11) is 1.33. The topological polar surface area (TPSA) is 93.4 Å². The lowest BCUT2D eigenvalue weighted by Gasteiger charge is -2.11. The molecule has 0 atom stereocenters. The number of aliphatic carboxylic acids is 1. The summed E-state index contributed by atoms with van der Waals surface area (Å²) in [5.74, 6) is -1.50. The molecule has 128 valence electrons. The Morgan fingerprint density at radius 2 is 2.12 bits per heavy atom. The van der Waals surface area contributed by atoms with Crippen LogP contribution in [0.15, 0.2) is 24.4 Å². The largest absolute Gasteiger partial charge is 0.482 e. The van der Waals surface area contributed by atoms with E-state index in [0.717, 1.165) is 10.9 Å². The van der Waals surface area contributed by atoms with Crippen LogP contribution in [0.2, 0.25) is 0 Å². The summed E-state index contributed by atoms with van der Waals surface area (Å²) >= 11 is 0. The highest BCUT2D eigenvalue weighted by Gasteiger charge is 2.23. The monoisotopic (exact) mass is 339 g/mol. The van der Waals surface area contributed by atoms with Gasteiger partial charge in [-0.25, -0.2) is 13.6 Å². The maximum atomic E-state index is 13.0. The highest BCUT2D eigenvalue weighted by molar-refractivity contribution is 6.05. The number of aromatic nitrogens is 2. The molecule has 2 rings (SSSR count). The molecule has 0 aliphatic heterocycles. The number of nitrogens with zero attached hydrogens (tertiary/aromatic N) is 2. The quantitative estimate of drug-likeness (QED) is 0.843. The van der Waals surface area contributed by atoms with E-state index in [4.69, 9.17) is 9.84 Å². The lowest BCUT2D eigenvalue weighted by Crippen LogP contribution is -2.15. The van der Waals surface area contributed by atoms with Crippen LogP contribution in [0.25, 0.3) is 0 Å². The second kappa shape index (κ2) is 7.07. The Labute approximate surface area is 135 Å². The second-order valence-electron chi connectivity index (χ2n) is 4.98. The van der Waals surface area contributed by atoms with Crippen LogP contribution in [0.4, 0.5) is 14.5 Å². The summed E-state index contributed by atoms with van der Waals surface area (Å²) in [4.78, 5) is 22.7. The molecular weight excluding hydrogens is 324 g/mol. The molecule has 0 spiro atoms. The number of carbonyl (C=O) groups excluding carboxylic acids is 1. The molecule has 9 heteroatoms. The summed E-state index contributed by atoms with van der Waals surface area (Å²) in [5, 5.41) is 14.8. The first-order chi connectivity index (χ1) is 11.3. The van der Waals surface area contributed by atoms with Gasteiger partial charge in [-0.2, -0.15) is 5.10 Å². The Hall–Kier alpha value is -2.97. The average Bonchev–Trinajstić information content (AvgIpc) is 2.89. The number of hydrogen-bond donors (Lipinski definition) is 2. The fourth-order valence-corrected chi connectivity index (χ4v) is 2.08. The second-order valence-corrected chi connectivity index (χ2v) is 4.98. The van der Waals surface area contributed by atoms with Crippen molar-refractivity contribution in [3.63, 3.8) is 0 Å². The van der Waals surface area contributed by atoms with Crippen LogP contribution in [0.3, 0.4) is 0 Å². The van der Waals surface area contributed by atoms with Gasteiger partial charge in [0, 0.05) is 12.7 Å². The summed E-state index contributed by atoms with van der Waals surface area (Å²) < 4.78 is 32.0. The minimum atomic E-state index is -2.83. The predicted octanol–water partition coefficient (Wildman–Crippen LogP) is 2.38. The average molecular weight is 339 g/mol. The molecule has 7 nitrogen and oxygen atoms in total. The van der Waals surface area contributed by atoms with E-state index >= 15 is 0 Å². The van der Waals surface area contributed by atoms with Crippen LogP contribution in [-0.2, 0) is 11.8 Å². The molecule has 0 unspecified atom stereocenters. The van der Waals surface area contributed by atoms with Gasteiger partial charge in [0.2, 0.25) is 0 Å². The molecule has 0 radical (unpaired) electrons. The van der Waals surface area contributed by atoms with E-state index in [2.05, 4.69) is 10.4 Å². The van der Waals surface area contributed by atoms with E-state index in [0.29, 0.717) is 17.0 Å². The zero-order chi connectivity index (χ0) is 17.9. The number of benzene rings is 1. The smallest absolute Gasteiger partial charge is 0.341 e. The molecule has 1 amide bonds. The number of aryl methyl sites for hydroxylation is 2. The van der Waals surface area contributed by atoms with Gasteiger partial charge in [0.05, 0.1) is 11.8 Å². The molecule has 0 aliphatic rings. The Bertz CT molecular complexity index is 774. The van der Waals surface area contributed by atoms with Gasteiger partial charge in [0.1, 0.15) is 11.4 Å². The van der Waals surface area contributed by atoms with E-state index in [1.165, 1.54) is 25.2 Å². The number of halogens is 2. The van der Waals surface area contributed by atoms with Crippen molar-refractivity contribution in [1.82, 2.24) is 9.78 Å². The first-order valence-corrected chi connectivity index (χ1v) is 6.86. The molecule has 2 aromatic rings. The lowest BCUT2D eigenvalue weighted by molar-refractivity contribution is -0.139. The maximum absolute atomic E-state index is 13.0. The van der Waals surface area contributed by atoms with Crippen LogP contribution >= 0.6 is 0 Å². The number of nitrogens with one attached hydrogen (secondary N) is 1. The number of hydrogen-bond acceptors (Lipinski definition) is 4. The standard InChI is InChI=1S/C15H15F2N3O4/c1-8-5-9(24-7-12(21)22)3-4-11(8)19-15(23)10-6-18-20(2)13(10)14(16)17/h3-6,14H,7H2,1-2H3,(H,19,23)(H,21,22). The Morgan fingerprint density at radius 1 is 1.42 bits per heavy atom. The fourth-order valence-electron chi connectivity index (χ4n) is 2.08. The van der Waals surface area contributed by atoms with Crippen molar-refractivity contribution < 1.29 is 28.2 Å². The predicted molar refractivity (Wildman–Crippen MR) is 80.4 cm³/mol. The van der Waals surface area contributed by atoms with Crippen LogP contribution in [0.1, 0.15) is 28.0 Å². The molecule has 1 aromatic carbocycles. The van der Waals surface area contributed by atoms with Crippen molar-refractivity contribution in [3.8, 4) is 5.75 Å². The van der Waals surface area contributed by atoms with E-state index in [1.807, 2.05) is 0 Å². The number of carboxylic acids is 1. The highest BCUT2D eigenvalue weighted by Crippen LogP contribution is 2.25. The molecule has 2 N–H and O–H groups in total. The van der Waals surface area contributed by atoms with Gasteiger partial charge in [-0.1, -0.05) is 0 Å². The van der Waals surface area contributed by atoms with Crippen LogP contribution in [-0.4, -0.2) is 33.4 Å². The van der Waals surface area contributed by atoms with Crippen molar-refractivity contribution in [3.05, 3.63) is 41.2 Å². The number of rotatable bonds is 6.